The van der Waals surface area contributed by atoms with E-state index in [4.69, 9.17) is 23.3 Å². The Bertz CT molecular complexity index is 1690. The van der Waals surface area contributed by atoms with E-state index in [1.54, 1.807) is 0 Å². The Labute approximate surface area is 463 Å². The second-order valence-corrected chi connectivity index (χ2v) is 20.9. The number of hydrogen-bond donors (Lipinski definition) is 2. The van der Waals surface area contributed by atoms with E-state index < -0.39 is 57.8 Å². The van der Waals surface area contributed by atoms with Crippen LogP contribution in [0, 0.1) is 0 Å². The highest BCUT2D eigenvalue weighted by molar-refractivity contribution is 7.47. The lowest BCUT2D eigenvalue weighted by atomic mass is 10.0. The summed E-state index contributed by atoms with van der Waals surface area (Å²) < 4.78 is 39.5. The normalized spacial score (nSPS) is 14.1. The molecule has 11 nitrogen and oxygen atoms in total. The predicted molar refractivity (Wildman–Crippen MR) is 316 cm³/mol. The minimum Gasteiger partial charge on any atom is -0.462 e. The molecule has 0 aromatic heterocycles. The summed E-state index contributed by atoms with van der Waals surface area (Å²) in [6, 6.07) is 0. The fraction of sp³-hybridized carbons (Fsp3) is 0.672. The zero-order chi connectivity index (χ0) is 55.5. The van der Waals surface area contributed by atoms with Crippen LogP contribution in [0.3, 0.4) is 0 Å². The summed E-state index contributed by atoms with van der Waals surface area (Å²) in [5.74, 6) is -1.59. The van der Waals surface area contributed by atoms with Crippen LogP contribution in [0.25, 0.3) is 0 Å². The van der Waals surface area contributed by atoms with Gasteiger partial charge in [0.1, 0.15) is 12.7 Å². The molecule has 0 saturated carbocycles. The fourth-order valence-corrected chi connectivity index (χ4v) is 8.52. The molecule has 0 rings (SSSR count). The Morgan fingerprint density at radius 2 is 0.697 bits per heavy atom. The lowest BCUT2D eigenvalue weighted by Gasteiger charge is -2.21. The Balaban J connectivity index is 4.82. The summed E-state index contributed by atoms with van der Waals surface area (Å²) >= 11 is 0. The van der Waals surface area contributed by atoms with Crippen LogP contribution in [0.2, 0.25) is 0 Å². The lowest BCUT2D eigenvalue weighted by molar-refractivity contribution is -0.161. The lowest BCUT2D eigenvalue weighted by Crippen LogP contribution is -2.30. The van der Waals surface area contributed by atoms with E-state index in [9.17, 15) is 28.9 Å². The van der Waals surface area contributed by atoms with Crippen molar-refractivity contribution >= 4 is 25.7 Å². The SMILES string of the molecule is CC/C=C\C/C=C\C/C=C\C/C=C\C/C=C\CCCC(=O)OC(COC(=O)CCCC/C=C\C/C=C\C/C=C\C/C=C\CC)COP(=O)(O)OCC(CO)OC(=O)CCCCCCCCCCCCCCCCCCC. The Kier molecular flexibility index (Phi) is 54.4. The van der Waals surface area contributed by atoms with E-state index in [1.807, 2.05) is 12.2 Å². The molecular weight excluding hydrogens is 976 g/mol. The molecule has 0 fully saturated rings. The maximum Gasteiger partial charge on any atom is 0.472 e. The summed E-state index contributed by atoms with van der Waals surface area (Å²) in [6.45, 7) is 4.32. The highest BCUT2D eigenvalue weighted by atomic mass is 31.2. The topological polar surface area (TPSA) is 155 Å². The predicted octanol–water partition coefficient (Wildman–Crippen LogP) is 17.8. The molecule has 0 aromatic carbocycles. The molecule has 2 N–H and O–H groups in total. The summed E-state index contributed by atoms with van der Waals surface area (Å²) in [7, 11) is -4.78. The second kappa shape index (κ2) is 57.3. The number of ether oxygens (including phenoxy) is 3. The first-order chi connectivity index (χ1) is 37.2. The Morgan fingerprint density at radius 1 is 0.382 bits per heavy atom. The van der Waals surface area contributed by atoms with E-state index >= 15 is 0 Å². The van der Waals surface area contributed by atoms with Crippen molar-refractivity contribution in [3.63, 3.8) is 0 Å². The van der Waals surface area contributed by atoms with Gasteiger partial charge in [0.25, 0.3) is 0 Å². The largest absolute Gasteiger partial charge is 0.472 e. The standard InChI is InChI=1S/C64H107O11P/c1-4-7-10-13-16-19-22-25-28-30-33-36-39-42-45-48-51-54-63(67)74-60(56-65)58-72-76(69,70)73-59-61(57-71-62(66)53-50-47-44-41-38-35-32-27-24-21-18-15-12-9-6-3)75-64(68)55-52-49-46-43-40-37-34-31-29-26-23-20-17-14-11-8-5-2/h8-9,11-12,17-18,20-21,26-27,29,32,34,37-38,41,43,46,60-61,65H,4-7,10,13-16,19,22-25,28,30-31,33,35-36,39-40,42,44-45,47-59H2,1-3H3,(H,69,70)/b11-8-,12-9-,20-17-,21-18-,29-26-,32-27-,37-34-,41-38-,46-43-. The van der Waals surface area contributed by atoms with Crippen LogP contribution in [-0.2, 0) is 42.2 Å². The number of carbonyl (C=O) groups excluding carboxylic acids is 3. The average molecular weight is 1080 g/mol. The molecule has 0 radical (unpaired) electrons. The van der Waals surface area contributed by atoms with Crippen LogP contribution in [0.4, 0.5) is 0 Å². The number of allylic oxidation sites excluding steroid dienone is 18. The van der Waals surface area contributed by atoms with Crippen molar-refractivity contribution in [1.29, 1.82) is 0 Å². The van der Waals surface area contributed by atoms with Gasteiger partial charge in [-0.2, -0.15) is 0 Å². The molecule has 0 spiro atoms. The van der Waals surface area contributed by atoms with Crippen molar-refractivity contribution in [3.05, 3.63) is 109 Å². The first kappa shape index (κ1) is 72.1. The number of aliphatic hydroxyl groups excluding tert-OH is 1. The molecule has 12 heteroatoms. The van der Waals surface area contributed by atoms with Gasteiger partial charge in [0.2, 0.25) is 0 Å². The van der Waals surface area contributed by atoms with Gasteiger partial charge in [0.05, 0.1) is 19.8 Å². The molecule has 76 heavy (non-hydrogen) atoms. The minimum atomic E-state index is -4.78. The van der Waals surface area contributed by atoms with Crippen LogP contribution in [-0.4, -0.2) is 66.5 Å². The third-order valence-electron chi connectivity index (χ3n) is 12.2. The van der Waals surface area contributed by atoms with Crippen LogP contribution < -0.4 is 0 Å². The molecule has 0 saturated heterocycles. The molecule has 0 aliphatic heterocycles. The van der Waals surface area contributed by atoms with Crippen LogP contribution in [0.15, 0.2) is 109 Å². The highest BCUT2D eigenvalue weighted by Crippen LogP contribution is 2.43. The average Bonchev–Trinajstić information content (AvgIpc) is 3.41. The first-order valence-corrected chi connectivity index (χ1v) is 31.3. The maximum atomic E-state index is 12.9. The van der Waals surface area contributed by atoms with Gasteiger partial charge in [-0.1, -0.05) is 233 Å². The van der Waals surface area contributed by atoms with Crippen LogP contribution in [0.1, 0.15) is 239 Å². The summed E-state index contributed by atoms with van der Waals surface area (Å²) in [5.41, 5.74) is 0. The number of aliphatic hydroxyl groups is 1. The van der Waals surface area contributed by atoms with E-state index in [0.29, 0.717) is 25.7 Å². The van der Waals surface area contributed by atoms with E-state index in [2.05, 4.69) is 118 Å². The number of carbonyl (C=O) groups is 3. The van der Waals surface area contributed by atoms with E-state index in [-0.39, 0.29) is 25.9 Å². The van der Waals surface area contributed by atoms with Crippen molar-refractivity contribution < 1.29 is 52.2 Å². The molecule has 3 atom stereocenters. The first-order valence-electron chi connectivity index (χ1n) is 29.8. The van der Waals surface area contributed by atoms with Gasteiger partial charge in [-0.3, -0.25) is 23.4 Å². The second-order valence-electron chi connectivity index (χ2n) is 19.4. The van der Waals surface area contributed by atoms with Crippen molar-refractivity contribution in [2.24, 2.45) is 0 Å². The van der Waals surface area contributed by atoms with Gasteiger partial charge in [-0.15, -0.1) is 0 Å². The monoisotopic (exact) mass is 1080 g/mol. The molecule has 0 amide bonds. The fourth-order valence-electron chi connectivity index (χ4n) is 7.74. The summed E-state index contributed by atoms with van der Waals surface area (Å²) in [4.78, 5) is 48.6. The third-order valence-corrected chi connectivity index (χ3v) is 13.1. The molecular formula is C64H107O11P. The molecule has 0 heterocycles. The van der Waals surface area contributed by atoms with Gasteiger partial charge in [-0.25, -0.2) is 4.57 Å². The number of hydrogen-bond acceptors (Lipinski definition) is 10. The number of esters is 3. The summed E-state index contributed by atoms with van der Waals surface area (Å²) in [5, 5.41) is 9.83. The Hall–Kier alpha value is -3.86. The molecule has 0 bridgehead atoms. The molecule has 0 aliphatic carbocycles. The maximum absolute atomic E-state index is 12.9. The van der Waals surface area contributed by atoms with Crippen molar-refractivity contribution in [2.45, 2.75) is 251 Å². The number of phosphoric ester groups is 1. The van der Waals surface area contributed by atoms with Gasteiger partial charge in [-0.05, 0) is 96.3 Å². The molecule has 3 unspecified atom stereocenters. The van der Waals surface area contributed by atoms with Gasteiger partial charge >= 0.3 is 25.7 Å². The minimum absolute atomic E-state index is 0.0758. The number of phosphoric acid groups is 1. The smallest absolute Gasteiger partial charge is 0.462 e. The van der Waals surface area contributed by atoms with Crippen LogP contribution >= 0.6 is 7.82 Å². The Morgan fingerprint density at radius 3 is 1.11 bits per heavy atom. The van der Waals surface area contributed by atoms with Crippen molar-refractivity contribution in [2.75, 3.05) is 26.4 Å². The number of unbranched alkanes of at least 4 members (excludes halogenated alkanes) is 19. The highest BCUT2D eigenvalue weighted by Gasteiger charge is 2.28. The zero-order valence-corrected chi connectivity index (χ0v) is 48.8. The number of rotatable bonds is 54. The molecule has 434 valence electrons. The molecule has 0 aliphatic rings. The third kappa shape index (κ3) is 54.9. The van der Waals surface area contributed by atoms with Gasteiger partial charge in [0, 0.05) is 19.3 Å². The van der Waals surface area contributed by atoms with E-state index in [1.165, 1.54) is 83.5 Å². The quantitative estimate of drug-likeness (QED) is 0.0197. The van der Waals surface area contributed by atoms with Gasteiger partial charge < -0.3 is 24.2 Å². The van der Waals surface area contributed by atoms with Crippen molar-refractivity contribution in [3.8, 4) is 0 Å². The van der Waals surface area contributed by atoms with Crippen molar-refractivity contribution in [1.82, 2.24) is 0 Å². The molecule has 0 aromatic rings. The summed E-state index contributed by atoms with van der Waals surface area (Å²) in [6.07, 6.45) is 69.2. The van der Waals surface area contributed by atoms with E-state index in [0.717, 1.165) is 89.9 Å². The van der Waals surface area contributed by atoms with Gasteiger partial charge in [0.15, 0.2) is 6.10 Å². The zero-order valence-electron chi connectivity index (χ0n) is 47.9. The van der Waals surface area contributed by atoms with Crippen LogP contribution in [0.5, 0.6) is 0 Å².